The van der Waals surface area contributed by atoms with Crippen LogP contribution in [0.3, 0.4) is 0 Å². The summed E-state index contributed by atoms with van der Waals surface area (Å²) >= 11 is 0. The maximum Gasteiger partial charge on any atom is 0.0655 e. The molecule has 0 N–H and O–H groups in total. The molecule has 0 saturated heterocycles. The van der Waals surface area contributed by atoms with Gasteiger partial charge < -0.3 is 0 Å². The van der Waals surface area contributed by atoms with E-state index < -0.39 is 0 Å². The van der Waals surface area contributed by atoms with Crippen molar-refractivity contribution in [2.45, 2.75) is 51.9 Å². The molecule has 1 aliphatic carbocycles. The summed E-state index contributed by atoms with van der Waals surface area (Å²) in [5, 5.41) is 8.78. The monoisotopic (exact) mass is 165 g/mol. The van der Waals surface area contributed by atoms with Crippen LogP contribution in [-0.4, -0.2) is 0 Å². The Morgan fingerprint density at radius 3 is 2.92 bits per heavy atom. The molecule has 2 unspecified atom stereocenters. The van der Waals surface area contributed by atoms with Crippen molar-refractivity contribution < 1.29 is 0 Å². The Morgan fingerprint density at radius 1 is 1.42 bits per heavy atom. The van der Waals surface area contributed by atoms with Crippen LogP contribution in [-0.2, 0) is 0 Å². The van der Waals surface area contributed by atoms with Crippen molar-refractivity contribution in [3.63, 3.8) is 0 Å². The van der Waals surface area contributed by atoms with Gasteiger partial charge >= 0.3 is 0 Å². The van der Waals surface area contributed by atoms with E-state index in [1.54, 1.807) is 0 Å². The number of hydrogen-bond donors (Lipinski definition) is 0. The van der Waals surface area contributed by atoms with Crippen molar-refractivity contribution in [3.05, 3.63) is 0 Å². The Labute approximate surface area is 75.8 Å². The minimum atomic E-state index is 0.376. The van der Waals surface area contributed by atoms with E-state index in [0.717, 1.165) is 12.3 Å². The van der Waals surface area contributed by atoms with Gasteiger partial charge in [0.05, 0.1) is 6.07 Å². The van der Waals surface area contributed by atoms with Crippen molar-refractivity contribution in [2.75, 3.05) is 0 Å². The molecule has 2 atom stereocenters. The van der Waals surface area contributed by atoms with E-state index >= 15 is 0 Å². The molecule has 1 heteroatoms. The van der Waals surface area contributed by atoms with Crippen molar-refractivity contribution in [1.29, 1.82) is 5.26 Å². The van der Waals surface area contributed by atoms with Crippen molar-refractivity contribution >= 4 is 0 Å². The van der Waals surface area contributed by atoms with Crippen LogP contribution in [0.2, 0.25) is 0 Å². The molecule has 0 aliphatic heterocycles. The third kappa shape index (κ3) is 2.85. The molecular weight excluding hydrogens is 146 g/mol. The number of nitrogens with zero attached hydrogens (tertiary/aromatic N) is 1. The summed E-state index contributed by atoms with van der Waals surface area (Å²) in [4.78, 5) is 0. The van der Waals surface area contributed by atoms with Crippen LogP contribution in [0.5, 0.6) is 0 Å². The molecular formula is C11H19N. The van der Waals surface area contributed by atoms with E-state index in [0.29, 0.717) is 5.92 Å². The Morgan fingerprint density at radius 2 is 2.25 bits per heavy atom. The Hall–Kier alpha value is -0.510. The molecule has 0 aromatic heterocycles. The zero-order chi connectivity index (χ0) is 8.81. The molecule has 1 fully saturated rings. The molecule has 12 heavy (non-hydrogen) atoms. The van der Waals surface area contributed by atoms with Gasteiger partial charge in [-0.25, -0.2) is 0 Å². The van der Waals surface area contributed by atoms with Gasteiger partial charge in [0.1, 0.15) is 0 Å². The molecule has 0 aromatic carbocycles. The third-order valence-electron chi connectivity index (χ3n) is 2.93. The van der Waals surface area contributed by atoms with Crippen LogP contribution in [0.15, 0.2) is 0 Å². The van der Waals surface area contributed by atoms with Crippen molar-refractivity contribution in [2.24, 2.45) is 11.8 Å². The summed E-state index contributed by atoms with van der Waals surface area (Å²) < 4.78 is 0. The van der Waals surface area contributed by atoms with Gasteiger partial charge in [-0.3, -0.25) is 0 Å². The average molecular weight is 165 g/mol. The summed E-state index contributed by atoms with van der Waals surface area (Å²) in [7, 11) is 0. The fourth-order valence-electron chi connectivity index (χ4n) is 2.16. The van der Waals surface area contributed by atoms with E-state index in [1.807, 2.05) is 0 Å². The molecule has 0 aromatic rings. The maximum absolute atomic E-state index is 8.78. The minimum Gasteiger partial charge on any atom is -0.198 e. The zero-order valence-corrected chi connectivity index (χ0v) is 8.05. The van der Waals surface area contributed by atoms with Gasteiger partial charge in [0.2, 0.25) is 0 Å². The van der Waals surface area contributed by atoms with Crippen LogP contribution >= 0.6 is 0 Å². The van der Waals surface area contributed by atoms with Gasteiger partial charge in [-0.15, -0.1) is 0 Å². The van der Waals surface area contributed by atoms with E-state index in [-0.39, 0.29) is 0 Å². The minimum absolute atomic E-state index is 0.376. The number of nitriles is 1. The number of hydrogen-bond acceptors (Lipinski definition) is 1. The Kier molecular flexibility index (Phi) is 4.14. The lowest BCUT2D eigenvalue weighted by molar-refractivity contribution is 0.289. The summed E-state index contributed by atoms with van der Waals surface area (Å²) in [6, 6.07) is 2.41. The lowest BCUT2D eigenvalue weighted by Gasteiger charge is -2.24. The van der Waals surface area contributed by atoms with Gasteiger partial charge in [0.15, 0.2) is 0 Å². The van der Waals surface area contributed by atoms with Crippen LogP contribution in [0.1, 0.15) is 51.9 Å². The quantitative estimate of drug-likeness (QED) is 0.627. The molecule has 68 valence electrons. The first-order chi connectivity index (χ1) is 5.86. The van der Waals surface area contributed by atoms with Gasteiger partial charge in [0.25, 0.3) is 0 Å². The predicted molar refractivity (Wildman–Crippen MR) is 50.6 cm³/mol. The van der Waals surface area contributed by atoms with Gasteiger partial charge in [0, 0.05) is 5.92 Å². The first-order valence-electron chi connectivity index (χ1n) is 5.26. The van der Waals surface area contributed by atoms with Gasteiger partial charge in [-0.05, 0) is 18.8 Å². The van der Waals surface area contributed by atoms with Crippen molar-refractivity contribution in [1.82, 2.24) is 0 Å². The summed E-state index contributed by atoms with van der Waals surface area (Å²) in [5.41, 5.74) is 0. The zero-order valence-electron chi connectivity index (χ0n) is 8.05. The average Bonchev–Trinajstić information content (AvgIpc) is 2.15. The van der Waals surface area contributed by atoms with Crippen LogP contribution < -0.4 is 0 Å². The largest absolute Gasteiger partial charge is 0.198 e. The smallest absolute Gasteiger partial charge is 0.0655 e. The van der Waals surface area contributed by atoms with Crippen LogP contribution in [0.25, 0.3) is 0 Å². The first-order valence-corrected chi connectivity index (χ1v) is 5.26. The van der Waals surface area contributed by atoms with Crippen LogP contribution in [0.4, 0.5) is 0 Å². The number of rotatable bonds is 3. The highest BCUT2D eigenvalue weighted by molar-refractivity contribution is 4.87. The lowest BCUT2D eigenvalue weighted by Crippen LogP contribution is -2.14. The highest BCUT2D eigenvalue weighted by Crippen LogP contribution is 2.31. The molecule has 0 radical (unpaired) electrons. The van der Waals surface area contributed by atoms with Crippen molar-refractivity contribution in [3.8, 4) is 6.07 Å². The molecule has 0 amide bonds. The van der Waals surface area contributed by atoms with E-state index in [4.69, 9.17) is 5.26 Å². The van der Waals surface area contributed by atoms with Gasteiger partial charge in [-0.2, -0.15) is 5.26 Å². The van der Waals surface area contributed by atoms with E-state index in [9.17, 15) is 0 Å². The lowest BCUT2D eigenvalue weighted by atomic mass is 9.80. The summed E-state index contributed by atoms with van der Waals surface area (Å²) in [5.74, 6) is 1.24. The Balaban J connectivity index is 2.22. The predicted octanol–water partition coefficient (Wildman–Crippen LogP) is 3.51. The first kappa shape index (κ1) is 9.58. The van der Waals surface area contributed by atoms with Crippen LogP contribution in [0, 0.1) is 23.2 Å². The Bertz CT molecular complexity index is 157. The molecule has 1 nitrogen and oxygen atoms in total. The standard InChI is InChI=1S/C11H19N/c1-2-3-5-10-6-4-7-11(8-10)9-12/h10-11H,2-8H2,1H3. The summed E-state index contributed by atoms with van der Waals surface area (Å²) in [6.45, 7) is 2.24. The molecule has 1 aliphatic rings. The second-order valence-electron chi connectivity index (χ2n) is 4.00. The highest BCUT2D eigenvalue weighted by Gasteiger charge is 2.20. The third-order valence-corrected chi connectivity index (χ3v) is 2.93. The molecule has 0 spiro atoms. The topological polar surface area (TPSA) is 23.8 Å². The van der Waals surface area contributed by atoms with Gasteiger partial charge in [-0.1, -0.05) is 39.0 Å². The highest BCUT2D eigenvalue weighted by atomic mass is 14.3. The fourth-order valence-corrected chi connectivity index (χ4v) is 2.16. The normalized spacial score (nSPS) is 29.7. The molecule has 1 saturated carbocycles. The SMILES string of the molecule is CCCCC1CCCC(C#N)C1. The molecule has 1 rings (SSSR count). The maximum atomic E-state index is 8.78. The fraction of sp³-hybridized carbons (Fsp3) is 0.909. The second kappa shape index (κ2) is 5.19. The second-order valence-corrected chi connectivity index (χ2v) is 4.00. The van der Waals surface area contributed by atoms with E-state index in [1.165, 1.54) is 38.5 Å². The summed E-state index contributed by atoms with van der Waals surface area (Å²) in [6.07, 6.45) is 8.99. The molecule has 0 bridgehead atoms. The number of unbranched alkanes of at least 4 members (excludes halogenated alkanes) is 1. The van der Waals surface area contributed by atoms with E-state index in [2.05, 4.69) is 13.0 Å². The molecule has 0 heterocycles.